The van der Waals surface area contributed by atoms with Crippen molar-refractivity contribution in [2.24, 2.45) is 5.92 Å². The van der Waals surface area contributed by atoms with Crippen LogP contribution in [0.5, 0.6) is 5.75 Å². The van der Waals surface area contributed by atoms with E-state index in [0.29, 0.717) is 28.9 Å². The van der Waals surface area contributed by atoms with Gasteiger partial charge in [0.05, 0.1) is 7.11 Å². The van der Waals surface area contributed by atoms with Gasteiger partial charge in [-0.1, -0.05) is 19.9 Å². The molecule has 6 heteroatoms. The van der Waals surface area contributed by atoms with E-state index in [9.17, 15) is 4.79 Å². The van der Waals surface area contributed by atoms with Crippen molar-refractivity contribution >= 4 is 17.5 Å². The van der Waals surface area contributed by atoms with Crippen molar-refractivity contribution in [3.8, 4) is 5.75 Å². The van der Waals surface area contributed by atoms with E-state index in [2.05, 4.69) is 34.7 Å². The van der Waals surface area contributed by atoms with Crippen LogP contribution in [-0.4, -0.2) is 29.8 Å². The second kappa shape index (κ2) is 8.12. The molecule has 0 unspecified atom stereocenters. The maximum absolute atomic E-state index is 12.2. The molecular weight excluding hydrogens is 292 g/mol. The summed E-state index contributed by atoms with van der Waals surface area (Å²) in [6.45, 7) is 5.19. The Morgan fingerprint density at radius 3 is 2.57 bits per heavy atom. The first-order valence-electron chi connectivity index (χ1n) is 7.61. The zero-order chi connectivity index (χ0) is 16.7. The van der Waals surface area contributed by atoms with E-state index in [4.69, 9.17) is 4.74 Å². The molecule has 0 radical (unpaired) electrons. The van der Waals surface area contributed by atoms with E-state index < -0.39 is 0 Å². The Kier molecular flexibility index (Phi) is 5.91. The van der Waals surface area contributed by atoms with Crippen LogP contribution in [0.4, 0.5) is 11.6 Å². The topological polar surface area (TPSA) is 76.1 Å². The normalized spacial score (nSPS) is 10.4. The molecule has 0 bridgehead atoms. The van der Waals surface area contributed by atoms with Crippen LogP contribution in [0.15, 0.2) is 36.4 Å². The van der Waals surface area contributed by atoms with Crippen LogP contribution in [0.3, 0.4) is 0 Å². The molecule has 1 amide bonds. The van der Waals surface area contributed by atoms with Crippen molar-refractivity contribution in [3.63, 3.8) is 0 Å². The first kappa shape index (κ1) is 16.7. The Labute approximate surface area is 136 Å². The molecule has 23 heavy (non-hydrogen) atoms. The molecule has 6 nitrogen and oxygen atoms in total. The van der Waals surface area contributed by atoms with Gasteiger partial charge in [-0.3, -0.25) is 4.79 Å². The van der Waals surface area contributed by atoms with Gasteiger partial charge in [0.25, 0.3) is 5.91 Å². The number of carbonyl (C=O) groups excluding carboxylic acids is 1. The number of nitrogens with zero attached hydrogens (tertiary/aromatic N) is 2. The number of nitrogens with one attached hydrogen (secondary N) is 2. The molecule has 0 saturated heterocycles. The first-order valence-corrected chi connectivity index (χ1v) is 7.61. The van der Waals surface area contributed by atoms with Crippen molar-refractivity contribution in [1.82, 2.24) is 10.2 Å². The molecule has 2 rings (SSSR count). The smallest absolute Gasteiger partial charge is 0.256 e. The number of hydrogen-bond donors (Lipinski definition) is 2. The maximum Gasteiger partial charge on any atom is 0.256 e. The van der Waals surface area contributed by atoms with Crippen molar-refractivity contribution in [2.45, 2.75) is 20.3 Å². The van der Waals surface area contributed by atoms with Gasteiger partial charge in [-0.15, -0.1) is 10.2 Å². The lowest BCUT2D eigenvalue weighted by Crippen LogP contribution is -2.14. The predicted octanol–water partition coefficient (Wildman–Crippen LogP) is 3.20. The number of amides is 1. The Morgan fingerprint density at radius 1 is 1.17 bits per heavy atom. The Morgan fingerprint density at radius 2 is 1.91 bits per heavy atom. The Balaban J connectivity index is 1.93. The molecule has 0 aliphatic rings. The summed E-state index contributed by atoms with van der Waals surface area (Å²) < 4.78 is 5.11. The average Bonchev–Trinajstić information content (AvgIpc) is 2.56. The fraction of sp³-hybridized carbons (Fsp3) is 0.353. The molecule has 2 N–H and O–H groups in total. The van der Waals surface area contributed by atoms with Gasteiger partial charge in [0, 0.05) is 12.1 Å². The highest BCUT2D eigenvalue weighted by atomic mass is 16.5. The fourth-order valence-corrected chi connectivity index (χ4v) is 1.93. The molecular formula is C17H22N4O2. The molecule has 0 aliphatic heterocycles. The number of methoxy groups -OCH3 is 1. The maximum atomic E-state index is 12.2. The van der Waals surface area contributed by atoms with Crippen LogP contribution in [0.25, 0.3) is 0 Å². The van der Waals surface area contributed by atoms with Crippen molar-refractivity contribution in [1.29, 1.82) is 0 Å². The number of anilines is 2. The van der Waals surface area contributed by atoms with Gasteiger partial charge in [-0.25, -0.2) is 0 Å². The molecule has 2 aromatic rings. The van der Waals surface area contributed by atoms with E-state index in [1.165, 1.54) is 0 Å². The second-order valence-electron chi connectivity index (χ2n) is 5.60. The highest BCUT2D eigenvalue weighted by Crippen LogP contribution is 2.14. The third kappa shape index (κ3) is 5.25. The number of benzene rings is 1. The monoisotopic (exact) mass is 314 g/mol. The number of rotatable bonds is 7. The summed E-state index contributed by atoms with van der Waals surface area (Å²) in [4.78, 5) is 12.2. The molecule has 0 spiro atoms. The van der Waals surface area contributed by atoms with Crippen molar-refractivity contribution in [2.75, 3.05) is 24.3 Å². The van der Waals surface area contributed by atoms with E-state index >= 15 is 0 Å². The molecule has 0 saturated carbocycles. The standard InChI is InChI=1S/C17H22N4O2/c1-12(2)9-10-18-15-7-8-16(21-20-15)19-17(22)13-5-4-6-14(11-13)23-3/h4-8,11-12H,9-10H2,1-3H3,(H,18,20)(H,19,21,22). The minimum Gasteiger partial charge on any atom is -0.497 e. The van der Waals surface area contributed by atoms with Gasteiger partial charge >= 0.3 is 0 Å². The largest absolute Gasteiger partial charge is 0.497 e. The van der Waals surface area contributed by atoms with Crippen LogP contribution in [0.2, 0.25) is 0 Å². The highest BCUT2D eigenvalue weighted by Gasteiger charge is 2.08. The summed E-state index contributed by atoms with van der Waals surface area (Å²) >= 11 is 0. The van der Waals surface area contributed by atoms with Crippen LogP contribution < -0.4 is 15.4 Å². The van der Waals surface area contributed by atoms with E-state index in [1.807, 2.05) is 0 Å². The van der Waals surface area contributed by atoms with E-state index in [0.717, 1.165) is 13.0 Å². The lowest BCUT2D eigenvalue weighted by Gasteiger charge is -2.08. The third-order valence-electron chi connectivity index (χ3n) is 3.27. The van der Waals surface area contributed by atoms with Crippen molar-refractivity contribution < 1.29 is 9.53 Å². The molecule has 1 heterocycles. The summed E-state index contributed by atoms with van der Waals surface area (Å²) in [5.41, 5.74) is 0.505. The summed E-state index contributed by atoms with van der Waals surface area (Å²) in [6.07, 6.45) is 1.07. The van der Waals surface area contributed by atoms with Gasteiger partial charge in [0.15, 0.2) is 5.82 Å². The van der Waals surface area contributed by atoms with Crippen LogP contribution >= 0.6 is 0 Å². The third-order valence-corrected chi connectivity index (χ3v) is 3.27. The highest BCUT2D eigenvalue weighted by molar-refractivity contribution is 6.03. The molecule has 122 valence electrons. The minimum absolute atomic E-state index is 0.251. The quantitative estimate of drug-likeness (QED) is 0.821. The van der Waals surface area contributed by atoms with Gasteiger partial charge < -0.3 is 15.4 Å². The molecule has 0 atom stereocenters. The summed E-state index contributed by atoms with van der Waals surface area (Å²) in [6, 6.07) is 10.5. The average molecular weight is 314 g/mol. The SMILES string of the molecule is COc1cccc(C(=O)Nc2ccc(NCCC(C)C)nn2)c1. The first-order chi connectivity index (χ1) is 11.1. The predicted molar refractivity (Wildman–Crippen MR) is 90.9 cm³/mol. The Bertz CT molecular complexity index is 641. The lowest BCUT2D eigenvalue weighted by molar-refractivity contribution is 0.102. The van der Waals surface area contributed by atoms with Gasteiger partial charge in [-0.05, 0) is 42.7 Å². The number of hydrogen-bond acceptors (Lipinski definition) is 5. The number of carbonyl (C=O) groups is 1. The summed E-state index contributed by atoms with van der Waals surface area (Å²) in [7, 11) is 1.56. The fourth-order valence-electron chi connectivity index (χ4n) is 1.93. The number of ether oxygens (including phenoxy) is 1. The molecule has 0 aliphatic carbocycles. The second-order valence-corrected chi connectivity index (χ2v) is 5.60. The molecule has 1 aromatic carbocycles. The van der Waals surface area contributed by atoms with Crippen LogP contribution in [0, 0.1) is 5.92 Å². The van der Waals surface area contributed by atoms with Crippen LogP contribution in [-0.2, 0) is 0 Å². The Hall–Kier alpha value is -2.63. The van der Waals surface area contributed by atoms with E-state index in [1.54, 1.807) is 43.5 Å². The van der Waals surface area contributed by atoms with Gasteiger partial charge in [0.2, 0.25) is 0 Å². The molecule has 1 aromatic heterocycles. The minimum atomic E-state index is -0.251. The lowest BCUT2D eigenvalue weighted by atomic mass is 10.1. The number of aromatic nitrogens is 2. The van der Waals surface area contributed by atoms with Gasteiger partial charge in [0.1, 0.15) is 11.6 Å². The van der Waals surface area contributed by atoms with Crippen molar-refractivity contribution in [3.05, 3.63) is 42.0 Å². The summed E-state index contributed by atoms with van der Waals surface area (Å²) in [5.74, 6) is 2.13. The molecule has 0 fully saturated rings. The van der Waals surface area contributed by atoms with Crippen LogP contribution in [0.1, 0.15) is 30.6 Å². The zero-order valence-corrected chi connectivity index (χ0v) is 13.7. The zero-order valence-electron chi connectivity index (χ0n) is 13.7. The van der Waals surface area contributed by atoms with Gasteiger partial charge in [-0.2, -0.15) is 0 Å². The van der Waals surface area contributed by atoms with E-state index in [-0.39, 0.29) is 5.91 Å². The summed E-state index contributed by atoms with van der Waals surface area (Å²) in [5, 5.41) is 14.0.